The number of ketones is 1. The van der Waals surface area contributed by atoms with Crippen molar-refractivity contribution in [3.05, 3.63) is 66.4 Å². The molecule has 2 rings (SSSR count). The summed E-state index contributed by atoms with van der Waals surface area (Å²) in [4.78, 5) is 14.1. The van der Waals surface area contributed by atoms with E-state index in [0.717, 1.165) is 17.1 Å². The molecule has 0 aromatic heterocycles. The molecule has 0 saturated carbocycles. The van der Waals surface area contributed by atoms with Crippen molar-refractivity contribution in [1.82, 2.24) is 0 Å². The number of allylic oxidation sites excluding steroid dienone is 1. The molecule has 0 radical (unpaired) electrons. The average Bonchev–Trinajstić information content (AvgIpc) is 2.56. The van der Waals surface area contributed by atoms with Crippen molar-refractivity contribution in [1.29, 1.82) is 0 Å². The largest absolute Gasteiger partial charge is 0.494 e. The molecule has 0 unspecified atom stereocenters. The third kappa shape index (κ3) is 4.88. The Morgan fingerprint density at radius 3 is 2.30 bits per heavy atom. The molecule has 0 bridgehead atoms. The van der Waals surface area contributed by atoms with Crippen molar-refractivity contribution in [3.63, 3.8) is 0 Å². The molecular weight excluding hydrogens is 288 g/mol. The van der Waals surface area contributed by atoms with Crippen molar-refractivity contribution in [2.24, 2.45) is 0 Å². The lowest BCUT2D eigenvalue weighted by molar-refractivity contribution is 0.104. The monoisotopic (exact) mass is 310 g/mol. The van der Waals surface area contributed by atoms with E-state index >= 15 is 0 Å². The van der Waals surface area contributed by atoms with E-state index < -0.39 is 0 Å². The number of carbonyl (C=O) groups is 1. The minimum absolute atomic E-state index is 0.0505. The molecular formula is C19H22N2O2. The normalized spacial score (nSPS) is 10.6. The van der Waals surface area contributed by atoms with Gasteiger partial charge in [-0.15, -0.1) is 0 Å². The highest BCUT2D eigenvalue weighted by Crippen LogP contribution is 2.16. The molecule has 0 heterocycles. The summed E-state index contributed by atoms with van der Waals surface area (Å²) in [7, 11) is 4.00. The number of hydrogen-bond acceptors (Lipinski definition) is 4. The van der Waals surface area contributed by atoms with Gasteiger partial charge in [0, 0.05) is 43.3 Å². The van der Waals surface area contributed by atoms with Crippen LogP contribution in [0.15, 0.2) is 60.8 Å². The molecule has 4 heteroatoms. The predicted octanol–water partition coefficient (Wildman–Crippen LogP) is 3.96. The number of rotatable bonds is 7. The predicted molar refractivity (Wildman–Crippen MR) is 95.5 cm³/mol. The first kappa shape index (κ1) is 16.6. The van der Waals surface area contributed by atoms with Gasteiger partial charge in [-0.25, -0.2) is 0 Å². The third-order valence-corrected chi connectivity index (χ3v) is 3.32. The highest BCUT2D eigenvalue weighted by atomic mass is 16.5. The van der Waals surface area contributed by atoms with Gasteiger partial charge in [-0.3, -0.25) is 4.79 Å². The first-order valence-electron chi connectivity index (χ1n) is 7.58. The quantitative estimate of drug-likeness (QED) is 0.621. The molecule has 120 valence electrons. The zero-order valence-corrected chi connectivity index (χ0v) is 13.7. The van der Waals surface area contributed by atoms with Crippen LogP contribution in [-0.4, -0.2) is 26.5 Å². The molecule has 0 amide bonds. The van der Waals surface area contributed by atoms with E-state index in [1.54, 1.807) is 30.5 Å². The Kier molecular flexibility index (Phi) is 5.80. The van der Waals surface area contributed by atoms with Crippen LogP contribution in [0.5, 0.6) is 5.75 Å². The lowest BCUT2D eigenvalue weighted by Gasteiger charge is -2.12. The van der Waals surface area contributed by atoms with Crippen molar-refractivity contribution >= 4 is 17.2 Å². The SMILES string of the molecule is CCOc1ccc(C(=O)/C=C/Nc2ccc(N(C)C)cc2)cc1. The zero-order chi connectivity index (χ0) is 16.7. The Hall–Kier alpha value is -2.75. The highest BCUT2D eigenvalue weighted by Gasteiger charge is 2.02. The number of carbonyl (C=O) groups excluding carboxylic acids is 1. The first-order chi connectivity index (χ1) is 11.1. The minimum Gasteiger partial charge on any atom is -0.494 e. The van der Waals surface area contributed by atoms with Gasteiger partial charge < -0.3 is 15.0 Å². The van der Waals surface area contributed by atoms with Crippen LogP contribution in [0.2, 0.25) is 0 Å². The summed E-state index contributed by atoms with van der Waals surface area (Å²) >= 11 is 0. The maximum absolute atomic E-state index is 12.1. The van der Waals surface area contributed by atoms with Crippen LogP contribution in [0, 0.1) is 0 Å². The van der Waals surface area contributed by atoms with Crippen molar-refractivity contribution < 1.29 is 9.53 Å². The summed E-state index contributed by atoms with van der Waals surface area (Å²) in [6.07, 6.45) is 3.18. The number of nitrogens with zero attached hydrogens (tertiary/aromatic N) is 1. The van der Waals surface area contributed by atoms with Gasteiger partial charge in [-0.05, 0) is 55.5 Å². The molecule has 0 aliphatic rings. The molecule has 23 heavy (non-hydrogen) atoms. The van der Waals surface area contributed by atoms with Gasteiger partial charge >= 0.3 is 0 Å². The second-order valence-electron chi connectivity index (χ2n) is 5.24. The summed E-state index contributed by atoms with van der Waals surface area (Å²) in [6, 6.07) is 15.1. The number of ether oxygens (including phenoxy) is 1. The molecule has 2 aromatic carbocycles. The molecule has 1 N–H and O–H groups in total. The fourth-order valence-corrected chi connectivity index (χ4v) is 2.05. The Morgan fingerprint density at radius 1 is 1.09 bits per heavy atom. The molecule has 4 nitrogen and oxygen atoms in total. The first-order valence-corrected chi connectivity index (χ1v) is 7.58. The molecule has 0 spiro atoms. The van der Waals surface area contributed by atoms with Crippen molar-refractivity contribution in [2.75, 3.05) is 30.9 Å². The minimum atomic E-state index is -0.0505. The van der Waals surface area contributed by atoms with Crippen LogP contribution >= 0.6 is 0 Å². The summed E-state index contributed by atoms with van der Waals surface area (Å²) in [5, 5.41) is 3.10. The summed E-state index contributed by atoms with van der Waals surface area (Å²) < 4.78 is 5.36. The highest BCUT2D eigenvalue weighted by molar-refractivity contribution is 6.04. The van der Waals surface area contributed by atoms with Crippen molar-refractivity contribution in [2.45, 2.75) is 6.92 Å². The standard InChI is InChI=1S/C19H22N2O2/c1-4-23-18-11-5-15(6-12-18)19(22)13-14-20-16-7-9-17(10-8-16)21(2)3/h5-14,20H,4H2,1-3H3/b14-13+. The van der Waals surface area contributed by atoms with Crippen LogP contribution < -0.4 is 15.0 Å². The Balaban J connectivity index is 1.92. The van der Waals surface area contributed by atoms with E-state index in [9.17, 15) is 4.79 Å². The van der Waals surface area contributed by atoms with Crippen LogP contribution in [0.25, 0.3) is 0 Å². The van der Waals surface area contributed by atoms with E-state index in [4.69, 9.17) is 4.74 Å². The van der Waals surface area contributed by atoms with Gasteiger partial charge in [0.1, 0.15) is 5.75 Å². The summed E-state index contributed by atoms with van der Waals surface area (Å²) in [5.74, 6) is 0.720. The number of nitrogens with one attached hydrogen (secondary N) is 1. The van der Waals surface area contributed by atoms with E-state index in [1.807, 2.05) is 50.2 Å². The molecule has 0 aliphatic heterocycles. The molecule has 2 aromatic rings. The lowest BCUT2D eigenvalue weighted by Crippen LogP contribution is -2.08. The second kappa shape index (κ2) is 8.03. The van der Waals surface area contributed by atoms with E-state index in [0.29, 0.717) is 12.2 Å². The molecule has 0 saturated heterocycles. The van der Waals surface area contributed by atoms with Crippen LogP contribution in [0.4, 0.5) is 11.4 Å². The fraction of sp³-hybridized carbons (Fsp3) is 0.211. The fourth-order valence-electron chi connectivity index (χ4n) is 2.05. The third-order valence-electron chi connectivity index (χ3n) is 3.32. The summed E-state index contributed by atoms with van der Waals surface area (Å²) in [6.45, 7) is 2.54. The van der Waals surface area contributed by atoms with Gasteiger partial charge in [-0.2, -0.15) is 0 Å². The second-order valence-corrected chi connectivity index (χ2v) is 5.24. The van der Waals surface area contributed by atoms with E-state index in [1.165, 1.54) is 6.08 Å². The Labute approximate surface area is 137 Å². The zero-order valence-electron chi connectivity index (χ0n) is 13.7. The van der Waals surface area contributed by atoms with Crippen LogP contribution in [-0.2, 0) is 0 Å². The number of hydrogen-bond donors (Lipinski definition) is 1. The molecule has 0 aliphatic carbocycles. The van der Waals surface area contributed by atoms with E-state index in [-0.39, 0.29) is 5.78 Å². The molecule has 0 atom stereocenters. The van der Waals surface area contributed by atoms with Gasteiger partial charge in [0.2, 0.25) is 0 Å². The van der Waals surface area contributed by atoms with Crippen LogP contribution in [0.3, 0.4) is 0 Å². The van der Waals surface area contributed by atoms with Gasteiger partial charge in [0.25, 0.3) is 0 Å². The summed E-state index contributed by atoms with van der Waals surface area (Å²) in [5.41, 5.74) is 2.70. The van der Waals surface area contributed by atoms with Crippen molar-refractivity contribution in [3.8, 4) is 5.75 Å². The Bertz CT molecular complexity index is 659. The van der Waals surface area contributed by atoms with Crippen LogP contribution in [0.1, 0.15) is 17.3 Å². The molecule has 0 fully saturated rings. The van der Waals surface area contributed by atoms with Gasteiger partial charge in [-0.1, -0.05) is 0 Å². The van der Waals surface area contributed by atoms with E-state index in [2.05, 4.69) is 5.32 Å². The van der Waals surface area contributed by atoms with Gasteiger partial charge in [0.15, 0.2) is 5.78 Å². The topological polar surface area (TPSA) is 41.6 Å². The number of benzene rings is 2. The number of anilines is 2. The lowest BCUT2D eigenvalue weighted by atomic mass is 10.1. The van der Waals surface area contributed by atoms with Gasteiger partial charge in [0.05, 0.1) is 6.61 Å². The maximum Gasteiger partial charge on any atom is 0.187 e. The Morgan fingerprint density at radius 2 is 1.74 bits per heavy atom. The smallest absolute Gasteiger partial charge is 0.187 e. The average molecular weight is 310 g/mol. The maximum atomic E-state index is 12.1.